The number of nitrogens with zero attached hydrogens (tertiary/aromatic N) is 2. The van der Waals surface area contributed by atoms with Gasteiger partial charge in [0, 0.05) is 13.1 Å². The zero-order chi connectivity index (χ0) is 17.1. The summed E-state index contributed by atoms with van der Waals surface area (Å²) in [5.41, 5.74) is 2.90. The molecule has 1 aromatic carbocycles. The first kappa shape index (κ1) is 16.5. The van der Waals surface area contributed by atoms with E-state index >= 15 is 0 Å². The quantitative estimate of drug-likeness (QED) is 0.812. The Kier molecular flexibility index (Phi) is 4.81. The van der Waals surface area contributed by atoms with Gasteiger partial charge in [-0.1, -0.05) is 0 Å². The maximum absolute atomic E-state index is 14.4. The predicted molar refractivity (Wildman–Crippen MR) is 82.2 cm³/mol. The SMILES string of the molecule is CONC(=O)[C@H]1CN(c2ccc(N3CCOCC3)c(F)c2)C(=O)O1. The molecule has 8 nitrogen and oxygen atoms in total. The van der Waals surface area contributed by atoms with Crippen LogP contribution in [0, 0.1) is 5.82 Å². The summed E-state index contributed by atoms with van der Waals surface area (Å²) in [7, 11) is 1.28. The highest BCUT2D eigenvalue weighted by Crippen LogP contribution is 2.28. The topological polar surface area (TPSA) is 80.3 Å². The van der Waals surface area contributed by atoms with Gasteiger partial charge in [-0.05, 0) is 18.2 Å². The lowest BCUT2D eigenvalue weighted by atomic mass is 10.2. The van der Waals surface area contributed by atoms with E-state index in [0.717, 1.165) is 0 Å². The normalized spacial score (nSPS) is 20.9. The number of carbonyl (C=O) groups is 2. The van der Waals surface area contributed by atoms with E-state index in [4.69, 9.17) is 9.47 Å². The summed E-state index contributed by atoms with van der Waals surface area (Å²) in [6, 6.07) is 4.51. The molecule has 24 heavy (non-hydrogen) atoms. The first-order valence-corrected chi connectivity index (χ1v) is 7.53. The summed E-state index contributed by atoms with van der Waals surface area (Å²) in [4.78, 5) is 31.2. The second-order valence-electron chi connectivity index (χ2n) is 5.39. The molecule has 0 spiro atoms. The second-order valence-corrected chi connectivity index (χ2v) is 5.39. The molecule has 1 N–H and O–H groups in total. The number of anilines is 2. The molecule has 2 aliphatic rings. The average molecular weight is 339 g/mol. The number of hydrogen-bond donors (Lipinski definition) is 1. The number of ether oxygens (including phenoxy) is 2. The third-order valence-electron chi connectivity index (χ3n) is 3.90. The van der Waals surface area contributed by atoms with Gasteiger partial charge in [0.1, 0.15) is 5.82 Å². The molecule has 0 saturated carbocycles. The van der Waals surface area contributed by atoms with E-state index in [1.54, 1.807) is 12.1 Å². The predicted octanol–water partition coefficient (Wildman–Crippen LogP) is 0.665. The molecule has 2 heterocycles. The Labute approximate surface area is 138 Å². The van der Waals surface area contributed by atoms with Gasteiger partial charge in [-0.3, -0.25) is 14.5 Å². The van der Waals surface area contributed by atoms with Crippen LogP contribution in [0.25, 0.3) is 0 Å². The summed E-state index contributed by atoms with van der Waals surface area (Å²) < 4.78 is 24.7. The number of hydroxylamine groups is 1. The molecular weight excluding hydrogens is 321 g/mol. The van der Waals surface area contributed by atoms with Gasteiger partial charge < -0.3 is 14.4 Å². The van der Waals surface area contributed by atoms with Crippen molar-refractivity contribution in [2.45, 2.75) is 6.10 Å². The molecule has 9 heteroatoms. The van der Waals surface area contributed by atoms with Crippen molar-refractivity contribution in [3.8, 4) is 0 Å². The molecule has 2 saturated heterocycles. The number of amides is 2. The van der Waals surface area contributed by atoms with Crippen molar-refractivity contribution in [2.75, 3.05) is 49.8 Å². The Morgan fingerprint density at radius 2 is 2.12 bits per heavy atom. The first-order valence-electron chi connectivity index (χ1n) is 7.53. The molecule has 1 aromatic rings. The molecule has 3 rings (SSSR count). The number of rotatable bonds is 4. The second kappa shape index (κ2) is 7.02. The zero-order valence-corrected chi connectivity index (χ0v) is 13.2. The Balaban J connectivity index is 1.74. The number of cyclic esters (lactones) is 1. The summed E-state index contributed by atoms with van der Waals surface area (Å²) in [6.07, 6.45) is -1.70. The van der Waals surface area contributed by atoms with Crippen LogP contribution < -0.4 is 15.3 Å². The van der Waals surface area contributed by atoms with Gasteiger partial charge in [-0.15, -0.1) is 0 Å². The smallest absolute Gasteiger partial charge is 0.415 e. The lowest BCUT2D eigenvalue weighted by molar-refractivity contribution is -0.138. The molecular formula is C15H18FN3O5. The largest absolute Gasteiger partial charge is 0.434 e. The van der Waals surface area contributed by atoms with Crippen LogP contribution in [0.3, 0.4) is 0 Å². The van der Waals surface area contributed by atoms with Crippen molar-refractivity contribution >= 4 is 23.4 Å². The van der Waals surface area contributed by atoms with E-state index < -0.39 is 23.9 Å². The Morgan fingerprint density at radius 1 is 1.38 bits per heavy atom. The Bertz CT molecular complexity index is 636. The fourth-order valence-electron chi connectivity index (χ4n) is 2.70. The van der Waals surface area contributed by atoms with Crippen LogP contribution in [0.2, 0.25) is 0 Å². The minimum Gasteiger partial charge on any atom is -0.434 e. The third-order valence-corrected chi connectivity index (χ3v) is 3.90. The molecule has 2 fully saturated rings. The molecule has 2 aliphatic heterocycles. The fraction of sp³-hybridized carbons (Fsp3) is 0.467. The summed E-state index contributed by atoms with van der Waals surface area (Å²) >= 11 is 0. The van der Waals surface area contributed by atoms with Gasteiger partial charge in [0.05, 0.1) is 38.2 Å². The monoisotopic (exact) mass is 339 g/mol. The Morgan fingerprint density at radius 3 is 2.79 bits per heavy atom. The van der Waals surface area contributed by atoms with E-state index in [1.807, 2.05) is 4.90 Å². The highest BCUT2D eigenvalue weighted by Gasteiger charge is 2.37. The van der Waals surface area contributed by atoms with Crippen molar-refractivity contribution < 1.29 is 28.3 Å². The van der Waals surface area contributed by atoms with E-state index in [0.29, 0.717) is 37.7 Å². The van der Waals surface area contributed by atoms with Gasteiger partial charge in [0.2, 0.25) is 6.10 Å². The lowest BCUT2D eigenvalue weighted by Crippen LogP contribution is -2.37. The third kappa shape index (κ3) is 3.26. The van der Waals surface area contributed by atoms with Crippen molar-refractivity contribution in [2.24, 2.45) is 0 Å². The first-order chi connectivity index (χ1) is 11.6. The summed E-state index contributed by atoms with van der Waals surface area (Å²) in [6.45, 7) is 2.32. The molecule has 0 aromatic heterocycles. The molecule has 0 aliphatic carbocycles. The minimum absolute atomic E-state index is 0.00956. The van der Waals surface area contributed by atoms with Crippen LogP contribution in [0.4, 0.5) is 20.6 Å². The Hall–Kier alpha value is -2.39. The van der Waals surface area contributed by atoms with Crippen LogP contribution in [0.5, 0.6) is 0 Å². The number of halogens is 1. The van der Waals surface area contributed by atoms with Crippen LogP contribution in [0.15, 0.2) is 18.2 Å². The molecule has 1 atom stereocenters. The number of morpholine rings is 1. The van der Waals surface area contributed by atoms with E-state index in [9.17, 15) is 14.0 Å². The van der Waals surface area contributed by atoms with Gasteiger partial charge in [0.15, 0.2) is 0 Å². The number of nitrogens with one attached hydrogen (secondary N) is 1. The highest BCUT2D eigenvalue weighted by molar-refractivity contribution is 5.95. The van der Waals surface area contributed by atoms with Crippen molar-refractivity contribution in [3.63, 3.8) is 0 Å². The average Bonchev–Trinajstić information content (AvgIpc) is 2.98. The maximum atomic E-state index is 14.4. The minimum atomic E-state index is -1.00. The number of benzene rings is 1. The van der Waals surface area contributed by atoms with Crippen LogP contribution in [-0.4, -0.2) is 58.1 Å². The van der Waals surface area contributed by atoms with Crippen LogP contribution >= 0.6 is 0 Å². The number of hydrogen-bond acceptors (Lipinski definition) is 6. The van der Waals surface area contributed by atoms with E-state index in [2.05, 4.69) is 10.3 Å². The summed E-state index contributed by atoms with van der Waals surface area (Å²) in [5, 5.41) is 0. The fourth-order valence-corrected chi connectivity index (χ4v) is 2.70. The van der Waals surface area contributed by atoms with Crippen LogP contribution in [0.1, 0.15) is 0 Å². The molecule has 0 radical (unpaired) electrons. The van der Waals surface area contributed by atoms with E-state index in [1.165, 1.54) is 18.1 Å². The molecule has 2 amide bonds. The molecule has 0 bridgehead atoms. The van der Waals surface area contributed by atoms with Gasteiger partial charge in [-0.2, -0.15) is 0 Å². The van der Waals surface area contributed by atoms with Gasteiger partial charge in [0.25, 0.3) is 5.91 Å². The van der Waals surface area contributed by atoms with Crippen molar-refractivity contribution in [1.29, 1.82) is 0 Å². The number of carbonyl (C=O) groups excluding carboxylic acids is 2. The maximum Gasteiger partial charge on any atom is 0.415 e. The molecule has 0 unspecified atom stereocenters. The highest BCUT2D eigenvalue weighted by atomic mass is 19.1. The van der Waals surface area contributed by atoms with Crippen molar-refractivity contribution in [3.05, 3.63) is 24.0 Å². The standard InChI is InChI=1S/C15H18FN3O5/c1-22-17-14(20)13-9-19(15(21)24-13)10-2-3-12(11(16)8-10)18-4-6-23-7-5-18/h2-3,8,13H,4-7,9H2,1H3,(H,17,20)/t13-/m1/s1. The molecule has 130 valence electrons. The van der Waals surface area contributed by atoms with Gasteiger partial charge >= 0.3 is 6.09 Å². The van der Waals surface area contributed by atoms with E-state index in [-0.39, 0.29) is 6.54 Å². The summed E-state index contributed by atoms with van der Waals surface area (Å²) in [5.74, 6) is -1.01. The zero-order valence-electron chi connectivity index (χ0n) is 13.2. The van der Waals surface area contributed by atoms with Crippen molar-refractivity contribution in [1.82, 2.24) is 5.48 Å². The lowest BCUT2D eigenvalue weighted by Gasteiger charge is -2.29. The van der Waals surface area contributed by atoms with Crippen LogP contribution in [-0.2, 0) is 19.1 Å². The van der Waals surface area contributed by atoms with Gasteiger partial charge in [-0.25, -0.2) is 14.7 Å².